The van der Waals surface area contributed by atoms with Gasteiger partial charge >= 0.3 is 0 Å². The molecule has 0 saturated carbocycles. The molecule has 4 nitrogen and oxygen atoms in total. The van der Waals surface area contributed by atoms with Gasteiger partial charge in [0, 0.05) is 10.4 Å². The minimum Gasteiger partial charge on any atom is -0.398 e. The van der Waals surface area contributed by atoms with Crippen molar-refractivity contribution in [2.45, 2.75) is 13.5 Å². The van der Waals surface area contributed by atoms with Crippen LogP contribution in [0.15, 0.2) is 23.7 Å². The zero-order valence-electron chi connectivity index (χ0n) is 9.74. The Morgan fingerprint density at radius 3 is 2.94 bits per heavy atom. The molecule has 3 N–H and O–H groups in total. The molecule has 0 radical (unpaired) electrons. The SMILES string of the molecule is Cc1ncsc1CNC(=O)c1ccc(N)c(Cl)c1. The van der Waals surface area contributed by atoms with E-state index in [1.807, 2.05) is 6.92 Å². The molecular weight excluding hydrogens is 270 g/mol. The summed E-state index contributed by atoms with van der Waals surface area (Å²) in [7, 11) is 0. The number of nitrogens with two attached hydrogens (primary N) is 1. The number of hydrogen-bond acceptors (Lipinski definition) is 4. The summed E-state index contributed by atoms with van der Waals surface area (Å²) in [5, 5.41) is 3.21. The molecule has 0 saturated heterocycles. The second-order valence-corrected chi connectivity index (χ2v) is 5.13. The van der Waals surface area contributed by atoms with Crippen LogP contribution < -0.4 is 11.1 Å². The summed E-state index contributed by atoms with van der Waals surface area (Å²) < 4.78 is 0. The van der Waals surface area contributed by atoms with E-state index in [1.165, 1.54) is 11.3 Å². The summed E-state index contributed by atoms with van der Waals surface area (Å²) in [4.78, 5) is 17.1. The van der Waals surface area contributed by atoms with E-state index in [4.69, 9.17) is 17.3 Å². The number of carbonyl (C=O) groups excluding carboxylic acids is 1. The summed E-state index contributed by atoms with van der Waals surface area (Å²) in [6, 6.07) is 4.83. The van der Waals surface area contributed by atoms with Crippen molar-refractivity contribution in [3.05, 3.63) is 44.9 Å². The van der Waals surface area contributed by atoms with Gasteiger partial charge in [0.25, 0.3) is 5.91 Å². The number of aromatic nitrogens is 1. The number of rotatable bonds is 3. The Bertz CT molecular complexity index is 582. The van der Waals surface area contributed by atoms with Gasteiger partial charge in [0.05, 0.1) is 28.5 Å². The highest BCUT2D eigenvalue weighted by atomic mass is 35.5. The maximum atomic E-state index is 11.9. The standard InChI is InChI=1S/C12H12ClN3OS/c1-7-11(18-6-16-7)5-15-12(17)8-2-3-10(14)9(13)4-8/h2-4,6H,5,14H2,1H3,(H,15,17). The summed E-state index contributed by atoms with van der Waals surface area (Å²) in [6.07, 6.45) is 0. The molecule has 2 aromatic rings. The smallest absolute Gasteiger partial charge is 0.251 e. The lowest BCUT2D eigenvalue weighted by Crippen LogP contribution is -2.22. The minimum atomic E-state index is -0.176. The number of amides is 1. The first-order chi connectivity index (χ1) is 8.58. The molecule has 2 rings (SSSR count). The number of nitrogen functional groups attached to an aromatic ring is 1. The van der Waals surface area contributed by atoms with E-state index in [-0.39, 0.29) is 5.91 Å². The molecule has 0 aliphatic carbocycles. The van der Waals surface area contributed by atoms with E-state index in [2.05, 4.69) is 10.3 Å². The maximum Gasteiger partial charge on any atom is 0.251 e. The molecule has 0 bridgehead atoms. The zero-order chi connectivity index (χ0) is 13.1. The van der Waals surface area contributed by atoms with Crippen LogP contribution in [0.2, 0.25) is 5.02 Å². The van der Waals surface area contributed by atoms with E-state index >= 15 is 0 Å². The first-order valence-corrected chi connectivity index (χ1v) is 6.56. The molecule has 1 aromatic carbocycles. The average molecular weight is 282 g/mol. The van der Waals surface area contributed by atoms with Crippen LogP contribution in [0.5, 0.6) is 0 Å². The fourth-order valence-electron chi connectivity index (χ4n) is 1.43. The molecule has 0 fully saturated rings. The van der Waals surface area contributed by atoms with Crippen LogP contribution in [-0.2, 0) is 6.54 Å². The number of benzene rings is 1. The number of halogens is 1. The van der Waals surface area contributed by atoms with Gasteiger partial charge in [-0.05, 0) is 25.1 Å². The number of nitrogens with one attached hydrogen (secondary N) is 1. The van der Waals surface area contributed by atoms with Crippen molar-refractivity contribution in [1.29, 1.82) is 0 Å². The topological polar surface area (TPSA) is 68.0 Å². The van der Waals surface area contributed by atoms with Crippen molar-refractivity contribution in [2.75, 3.05) is 5.73 Å². The fourth-order valence-corrected chi connectivity index (χ4v) is 2.32. The molecule has 94 valence electrons. The van der Waals surface area contributed by atoms with E-state index in [1.54, 1.807) is 23.7 Å². The van der Waals surface area contributed by atoms with Gasteiger partial charge in [-0.3, -0.25) is 4.79 Å². The lowest BCUT2D eigenvalue weighted by Gasteiger charge is -2.05. The largest absolute Gasteiger partial charge is 0.398 e. The monoisotopic (exact) mass is 281 g/mol. The first kappa shape index (κ1) is 12.9. The predicted octanol–water partition coefficient (Wildman–Crippen LogP) is 2.62. The first-order valence-electron chi connectivity index (χ1n) is 5.30. The molecule has 0 unspecified atom stereocenters. The molecular formula is C12H12ClN3OS. The highest BCUT2D eigenvalue weighted by Crippen LogP contribution is 2.19. The third kappa shape index (κ3) is 2.80. The van der Waals surface area contributed by atoms with Gasteiger partial charge in [0.1, 0.15) is 0 Å². The molecule has 18 heavy (non-hydrogen) atoms. The van der Waals surface area contributed by atoms with E-state index in [0.29, 0.717) is 22.8 Å². The summed E-state index contributed by atoms with van der Waals surface area (Å²) in [5.41, 5.74) is 9.25. The Kier molecular flexibility index (Phi) is 3.84. The lowest BCUT2D eigenvalue weighted by molar-refractivity contribution is 0.0951. The van der Waals surface area contributed by atoms with Gasteiger partial charge in [-0.1, -0.05) is 11.6 Å². The highest BCUT2D eigenvalue weighted by Gasteiger charge is 2.08. The Balaban J connectivity index is 2.04. The third-order valence-electron chi connectivity index (χ3n) is 2.52. The van der Waals surface area contributed by atoms with Crippen LogP contribution in [0.25, 0.3) is 0 Å². The number of carbonyl (C=O) groups is 1. The Labute approximate surface area is 114 Å². The second-order valence-electron chi connectivity index (χ2n) is 3.78. The van der Waals surface area contributed by atoms with Crippen molar-refractivity contribution in [3.63, 3.8) is 0 Å². The second kappa shape index (κ2) is 5.37. The number of anilines is 1. The van der Waals surface area contributed by atoms with Crippen molar-refractivity contribution in [3.8, 4) is 0 Å². The quantitative estimate of drug-likeness (QED) is 0.850. The fraction of sp³-hybridized carbons (Fsp3) is 0.167. The van der Waals surface area contributed by atoms with Crippen molar-refractivity contribution >= 4 is 34.5 Å². The Morgan fingerprint density at radius 1 is 1.56 bits per heavy atom. The van der Waals surface area contributed by atoms with Gasteiger partial charge in [-0.25, -0.2) is 4.98 Å². The predicted molar refractivity (Wildman–Crippen MR) is 73.9 cm³/mol. The number of thiazole rings is 1. The minimum absolute atomic E-state index is 0.176. The number of aryl methyl sites for hydroxylation is 1. The van der Waals surface area contributed by atoms with Gasteiger partial charge in [-0.2, -0.15) is 0 Å². The van der Waals surface area contributed by atoms with Crippen LogP contribution in [0, 0.1) is 6.92 Å². The molecule has 0 aliphatic heterocycles. The van der Waals surface area contributed by atoms with E-state index in [0.717, 1.165) is 10.6 Å². The van der Waals surface area contributed by atoms with Crippen molar-refractivity contribution in [1.82, 2.24) is 10.3 Å². The summed E-state index contributed by atoms with van der Waals surface area (Å²) in [6.45, 7) is 2.38. The van der Waals surface area contributed by atoms with E-state index < -0.39 is 0 Å². The highest BCUT2D eigenvalue weighted by molar-refractivity contribution is 7.09. The Morgan fingerprint density at radius 2 is 2.33 bits per heavy atom. The molecule has 0 spiro atoms. The molecule has 1 aromatic heterocycles. The summed E-state index contributed by atoms with van der Waals surface area (Å²) in [5.74, 6) is -0.176. The lowest BCUT2D eigenvalue weighted by atomic mass is 10.2. The van der Waals surface area contributed by atoms with Crippen molar-refractivity contribution in [2.24, 2.45) is 0 Å². The number of hydrogen-bond donors (Lipinski definition) is 2. The van der Waals surface area contributed by atoms with Crippen LogP contribution >= 0.6 is 22.9 Å². The summed E-state index contributed by atoms with van der Waals surface area (Å²) >= 11 is 7.39. The molecule has 0 atom stereocenters. The van der Waals surface area contributed by atoms with Gasteiger partial charge in [-0.15, -0.1) is 11.3 Å². The van der Waals surface area contributed by atoms with Crippen LogP contribution in [-0.4, -0.2) is 10.9 Å². The third-order valence-corrected chi connectivity index (χ3v) is 3.78. The normalized spacial score (nSPS) is 10.3. The van der Waals surface area contributed by atoms with Crippen LogP contribution in [0.3, 0.4) is 0 Å². The van der Waals surface area contributed by atoms with Gasteiger partial charge in [0.15, 0.2) is 0 Å². The van der Waals surface area contributed by atoms with Crippen LogP contribution in [0.4, 0.5) is 5.69 Å². The number of nitrogens with zero attached hydrogens (tertiary/aromatic N) is 1. The van der Waals surface area contributed by atoms with Gasteiger partial charge in [0.2, 0.25) is 0 Å². The van der Waals surface area contributed by atoms with Crippen molar-refractivity contribution < 1.29 is 4.79 Å². The zero-order valence-corrected chi connectivity index (χ0v) is 11.3. The average Bonchev–Trinajstić information content (AvgIpc) is 2.75. The van der Waals surface area contributed by atoms with Gasteiger partial charge < -0.3 is 11.1 Å². The molecule has 0 aliphatic rings. The molecule has 6 heteroatoms. The van der Waals surface area contributed by atoms with E-state index in [9.17, 15) is 4.79 Å². The van der Waals surface area contributed by atoms with Crippen LogP contribution in [0.1, 0.15) is 20.9 Å². The Hall–Kier alpha value is -1.59. The maximum absolute atomic E-state index is 11.9. The molecule has 1 amide bonds. The molecule has 1 heterocycles.